The number of benzene rings is 1. The van der Waals surface area contributed by atoms with E-state index in [1.54, 1.807) is 0 Å². The van der Waals surface area contributed by atoms with Gasteiger partial charge in [-0.15, -0.1) is 0 Å². The first kappa shape index (κ1) is 13.9. The van der Waals surface area contributed by atoms with Gasteiger partial charge in [0.25, 0.3) is 5.91 Å². The van der Waals surface area contributed by atoms with Crippen molar-refractivity contribution in [3.63, 3.8) is 0 Å². The summed E-state index contributed by atoms with van der Waals surface area (Å²) in [5, 5.41) is 11.8. The average molecular weight is 256 g/mol. The lowest BCUT2D eigenvalue weighted by Gasteiger charge is -2.06. The number of carbonyl (C=O) groups excluding carboxylic acids is 2. The molecule has 0 aliphatic carbocycles. The second-order valence-corrected chi connectivity index (χ2v) is 3.44. The van der Waals surface area contributed by atoms with Crippen molar-refractivity contribution < 1.29 is 23.8 Å². The van der Waals surface area contributed by atoms with E-state index in [4.69, 9.17) is 10.5 Å². The van der Waals surface area contributed by atoms with E-state index in [9.17, 15) is 19.1 Å². The van der Waals surface area contributed by atoms with Crippen molar-refractivity contribution in [3.8, 4) is 5.75 Å². The third kappa shape index (κ3) is 4.38. The number of nitrogens with one attached hydrogen (secondary N) is 1. The molecule has 7 heteroatoms. The van der Waals surface area contributed by atoms with Gasteiger partial charge in [-0.2, -0.15) is 0 Å². The summed E-state index contributed by atoms with van der Waals surface area (Å²) >= 11 is 0. The highest BCUT2D eigenvalue weighted by atomic mass is 19.1. The molecule has 0 fully saturated rings. The maximum atomic E-state index is 12.7. The standard InChI is InChI=1S/C11H13FN2O4/c12-7-1-2-8(9(15)5-7)11(17)14-3-4-18-6-10(13)16/h1-2,5,15H,3-4,6H2,(H2,13,16)(H,14,17). The summed E-state index contributed by atoms with van der Waals surface area (Å²) in [6, 6.07) is 3.08. The van der Waals surface area contributed by atoms with Gasteiger partial charge in [0.05, 0.1) is 12.2 Å². The molecule has 0 saturated carbocycles. The van der Waals surface area contributed by atoms with Crippen molar-refractivity contribution in [3.05, 3.63) is 29.6 Å². The maximum absolute atomic E-state index is 12.7. The first-order valence-corrected chi connectivity index (χ1v) is 5.13. The molecule has 0 saturated heterocycles. The zero-order valence-electron chi connectivity index (χ0n) is 9.48. The SMILES string of the molecule is NC(=O)COCCNC(=O)c1ccc(F)cc1O. The molecule has 0 bridgehead atoms. The van der Waals surface area contributed by atoms with Crippen LogP contribution >= 0.6 is 0 Å². The predicted octanol–water partition coefficient (Wildman–Crippen LogP) is -0.237. The summed E-state index contributed by atoms with van der Waals surface area (Å²) in [4.78, 5) is 21.9. The van der Waals surface area contributed by atoms with Crippen molar-refractivity contribution in [1.82, 2.24) is 5.32 Å². The number of rotatable bonds is 6. The molecule has 0 atom stereocenters. The zero-order chi connectivity index (χ0) is 13.5. The van der Waals surface area contributed by atoms with Crippen LogP contribution in [0, 0.1) is 5.82 Å². The van der Waals surface area contributed by atoms with E-state index in [1.165, 1.54) is 6.07 Å². The summed E-state index contributed by atoms with van der Waals surface area (Å²) in [5.74, 6) is -2.23. The Hall–Kier alpha value is -2.15. The number of hydrogen-bond donors (Lipinski definition) is 3. The number of primary amides is 1. The van der Waals surface area contributed by atoms with E-state index in [0.29, 0.717) is 0 Å². The van der Waals surface area contributed by atoms with Gasteiger partial charge in [0, 0.05) is 12.6 Å². The molecule has 0 aromatic heterocycles. The van der Waals surface area contributed by atoms with Crippen LogP contribution in [0.15, 0.2) is 18.2 Å². The molecular weight excluding hydrogens is 243 g/mol. The van der Waals surface area contributed by atoms with Gasteiger partial charge >= 0.3 is 0 Å². The Morgan fingerprint density at radius 3 is 2.78 bits per heavy atom. The molecular formula is C11H13FN2O4. The topological polar surface area (TPSA) is 102 Å². The third-order valence-corrected chi connectivity index (χ3v) is 1.98. The Balaban J connectivity index is 2.39. The minimum atomic E-state index is -0.631. The minimum absolute atomic E-state index is 0.0358. The minimum Gasteiger partial charge on any atom is -0.507 e. The van der Waals surface area contributed by atoms with Gasteiger partial charge in [-0.1, -0.05) is 0 Å². The molecule has 1 aromatic rings. The second-order valence-electron chi connectivity index (χ2n) is 3.44. The number of nitrogens with two attached hydrogens (primary N) is 1. The molecule has 0 aliphatic rings. The van der Waals surface area contributed by atoms with Gasteiger partial charge in [0.15, 0.2) is 0 Å². The van der Waals surface area contributed by atoms with Crippen LogP contribution in [0.3, 0.4) is 0 Å². The average Bonchev–Trinajstić information content (AvgIpc) is 2.27. The van der Waals surface area contributed by atoms with E-state index in [1.807, 2.05) is 0 Å². The van der Waals surface area contributed by atoms with Crippen molar-refractivity contribution in [2.75, 3.05) is 19.8 Å². The lowest BCUT2D eigenvalue weighted by Crippen LogP contribution is -2.28. The molecule has 0 heterocycles. The number of phenols is 1. The monoisotopic (exact) mass is 256 g/mol. The van der Waals surface area contributed by atoms with Crippen molar-refractivity contribution in [2.45, 2.75) is 0 Å². The highest BCUT2D eigenvalue weighted by Gasteiger charge is 2.10. The fourth-order valence-electron chi connectivity index (χ4n) is 1.20. The number of aromatic hydroxyl groups is 1. The van der Waals surface area contributed by atoms with E-state index in [2.05, 4.69) is 5.32 Å². The zero-order valence-corrected chi connectivity index (χ0v) is 9.48. The van der Waals surface area contributed by atoms with Crippen molar-refractivity contribution in [2.24, 2.45) is 5.73 Å². The van der Waals surface area contributed by atoms with Gasteiger partial charge in [-0.3, -0.25) is 9.59 Å². The van der Waals surface area contributed by atoms with Crippen molar-refractivity contribution >= 4 is 11.8 Å². The first-order valence-electron chi connectivity index (χ1n) is 5.13. The first-order chi connectivity index (χ1) is 8.50. The normalized spacial score (nSPS) is 10.1. The Morgan fingerprint density at radius 2 is 2.17 bits per heavy atom. The smallest absolute Gasteiger partial charge is 0.255 e. The lowest BCUT2D eigenvalue weighted by atomic mass is 10.2. The molecule has 0 radical (unpaired) electrons. The van der Waals surface area contributed by atoms with Crippen LogP contribution < -0.4 is 11.1 Å². The van der Waals surface area contributed by atoms with Gasteiger partial charge in [-0.05, 0) is 12.1 Å². The summed E-state index contributed by atoms with van der Waals surface area (Å²) in [6.45, 7) is 0.0250. The molecule has 0 aliphatic heterocycles. The highest BCUT2D eigenvalue weighted by molar-refractivity contribution is 5.96. The molecule has 2 amide bonds. The fourth-order valence-corrected chi connectivity index (χ4v) is 1.20. The molecule has 98 valence electrons. The van der Waals surface area contributed by atoms with E-state index >= 15 is 0 Å². The van der Waals surface area contributed by atoms with Gasteiger partial charge < -0.3 is 20.9 Å². The summed E-state index contributed by atoms with van der Waals surface area (Å²) < 4.78 is 17.5. The molecule has 1 rings (SSSR count). The lowest BCUT2D eigenvalue weighted by molar-refractivity contribution is -0.122. The van der Waals surface area contributed by atoms with Crippen LogP contribution in [0.5, 0.6) is 5.75 Å². The third-order valence-electron chi connectivity index (χ3n) is 1.98. The number of hydrogen-bond acceptors (Lipinski definition) is 4. The molecule has 6 nitrogen and oxygen atoms in total. The van der Waals surface area contributed by atoms with Gasteiger partial charge in [0.2, 0.25) is 5.91 Å². The Morgan fingerprint density at radius 1 is 1.44 bits per heavy atom. The molecule has 18 heavy (non-hydrogen) atoms. The maximum Gasteiger partial charge on any atom is 0.255 e. The Bertz CT molecular complexity index is 451. The van der Waals surface area contributed by atoms with Crippen molar-refractivity contribution in [1.29, 1.82) is 0 Å². The fraction of sp³-hybridized carbons (Fsp3) is 0.273. The molecule has 4 N–H and O–H groups in total. The quantitative estimate of drug-likeness (QED) is 0.611. The largest absolute Gasteiger partial charge is 0.507 e. The predicted molar refractivity (Wildman–Crippen MR) is 60.4 cm³/mol. The Labute approximate surface area is 103 Å². The summed E-state index contributed by atoms with van der Waals surface area (Å²) in [6.07, 6.45) is 0. The highest BCUT2D eigenvalue weighted by Crippen LogP contribution is 2.17. The molecule has 0 unspecified atom stereocenters. The second kappa shape index (κ2) is 6.55. The van der Waals surface area contributed by atoms with Gasteiger partial charge in [0.1, 0.15) is 18.2 Å². The van der Waals surface area contributed by atoms with E-state index in [-0.39, 0.29) is 25.3 Å². The summed E-state index contributed by atoms with van der Waals surface area (Å²) in [7, 11) is 0. The van der Waals surface area contributed by atoms with E-state index in [0.717, 1.165) is 12.1 Å². The number of halogens is 1. The van der Waals surface area contributed by atoms with Crippen LogP contribution in [-0.4, -0.2) is 36.7 Å². The van der Waals surface area contributed by atoms with Crippen LogP contribution in [0.25, 0.3) is 0 Å². The summed E-state index contributed by atoms with van der Waals surface area (Å²) in [5.41, 5.74) is 4.80. The molecule has 0 spiro atoms. The van der Waals surface area contributed by atoms with Crippen LogP contribution in [0.2, 0.25) is 0 Å². The Kier molecular flexibility index (Phi) is 5.06. The number of carbonyl (C=O) groups is 2. The van der Waals surface area contributed by atoms with Crippen LogP contribution in [-0.2, 0) is 9.53 Å². The number of ether oxygens (including phenoxy) is 1. The van der Waals surface area contributed by atoms with Gasteiger partial charge in [-0.25, -0.2) is 4.39 Å². The van der Waals surface area contributed by atoms with Crippen LogP contribution in [0.4, 0.5) is 4.39 Å². The molecule has 1 aromatic carbocycles. The van der Waals surface area contributed by atoms with E-state index < -0.39 is 23.4 Å². The number of phenolic OH excluding ortho intramolecular Hbond substituents is 1. The number of amides is 2. The van der Waals surface area contributed by atoms with Crippen LogP contribution in [0.1, 0.15) is 10.4 Å².